The molecular weight excluding hydrogens is 387 g/mol. The molecule has 1 unspecified atom stereocenters. The maximum atomic E-state index is 12.1. The summed E-state index contributed by atoms with van der Waals surface area (Å²) in [7, 11) is -0.608. The van der Waals surface area contributed by atoms with Gasteiger partial charge in [-0.25, -0.2) is 0 Å². The van der Waals surface area contributed by atoms with E-state index < -0.39 is 18.3 Å². The summed E-state index contributed by atoms with van der Waals surface area (Å²) in [6, 6.07) is 5.36. The minimum atomic E-state index is -0.608. The molecule has 7 heteroatoms. The molecule has 0 radical (unpaired) electrons. The SMILES string of the molecule is CCOC(=O)CC(B1OC(C)(C)C(C)(C)O1)c1cc(Br)cc(C=O)c1. The number of esters is 1. The lowest BCUT2D eigenvalue weighted by molar-refractivity contribution is -0.143. The fraction of sp³-hybridized carbons (Fsp3) is 0.556. The van der Waals surface area contributed by atoms with E-state index in [0.29, 0.717) is 12.2 Å². The van der Waals surface area contributed by atoms with Crippen LogP contribution >= 0.6 is 15.9 Å². The van der Waals surface area contributed by atoms with Crippen LogP contribution in [0.3, 0.4) is 0 Å². The zero-order chi connectivity index (χ0) is 18.8. The van der Waals surface area contributed by atoms with Gasteiger partial charge in [0.1, 0.15) is 6.29 Å². The number of rotatable bonds is 6. The van der Waals surface area contributed by atoms with Crippen LogP contribution in [0, 0.1) is 0 Å². The van der Waals surface area contributed by atoms with Crippen molar-refractivity contribution in [3.63, 3.8) is 0 Å². The first-order valence-electron chi connectivity index (χ1n) is 8.36. The first kappa shape index (κ1) is 20.1. The first-order chi connectivity index (χ1) is 11.6. The molecule has 0 amide bonds. The molecule has 1 saturated heterocycles. The number of aldehydes is 1. The Kier molecular flexibility index (Phi) is 6.12. The zero-order valence-corrected chi connectivity index (χ0v) is 16.9. The van der Waals surface area contributed by atoms with Gasteiger partial charge in [-0.3, -0.25) is 9.59 Å². The van der Waals surface area contributed by atoms with Gasteiger partial charge in [-0.15, -0.1) is 0 Å². The summed E-state index contributed by atoms with van der Waals surface area (Å²) in [5.74, 6) is -0.703. The lowest BCUT2D eigenvalue weighted by Gasteiger charge is -2.32. The molecule has 1 heterocycles. The summed E-state index contributed by atoms with van der Waals surface area (Å²) >= 11 is 3.42. The fourth-order valence-corrected chi connectivity index (χ4v) is 3.27. The second-order valence-corrected chi connectivity index (χ2v) is 8.09. The van der Waals surface area contributed by atoms with E-state index in [1.165, 1.54) is 0 Å². The van der Waals surface area contributed by atoms with E-state index in [2.05, 4.69) is 15.9 Å². The van der Waals surface area contributed by atoms with Gasteiger partial charge in [0.25, 0.3) is 0 Å². The summed E-state index contributed by atoms with van der Waals surface area (Å²) in [6.07, 6.45) is 0.888. The summed E-state index contributed by atoms with van der Waals surface area (Å²) in [5.41, 5.74) is 0.298. The van der Waals surface area contributed by atoms with Gasteiger partial charge < -0.3 is 14.0 Å². The van der Waals surface area contributed by atoms with Gasteiger partial charge >= 0.3 is 13.1 Å². The Hall–Kier alpha value is -1.18. The number of carbonyl (C=O) groups excluding carboxylic acids is 2. The van der Waals surface area contributed by atoms with Crippen molar-refractivity contribution in [3.8, 4) is 0 Å². The molecule has 5 nitrogen and oxygen atoms in total. The summed E-state index contributed by atoms with van der Waals surface area (Å²) < 4.78 is 18.2. The van der Waals surface area contributed by atoms with Gasteiger partial charge in [0.15, 0.2) is 0 Å². The van der Waals surface area contributed by atoms with Crippen LogP contribution in [0.5, 0.6) is 0 Å². The zero-order valence-electron chi connectivity index (χ0n) is 15.3. The van der Waals surface area contributed by atoms with Crippen molar-refractivity contribution < 1.29 is 23.6 Å². The largest absolute Gasteiger partial charge is 0.466 e. The van der Waals surface area contributed by atoms with Gasteiger partial charge in [0, 0.05) is 15.9 Å². The number of carbonyl (C=O) groups is 2. The van der Waals surface area contributed by atoms with Crippen LogP contribution in [0.15, 0.2) is 22.7 Å². The normalized spacial score (nSPS) is 19.5. The Morgan fingerprint density at radius 3 is 2.36 bits per heavy atom. The summed E-state index contributed by atoms with van der Waals surface area (Å²) in [5, 5.41) is 0. The topological polar surface area (TPSA) is 61.8 Å². The van der Waals surface area contributed by atoms with Crippen molar-refractivity contribution in [2.75, 3.05) is 6.61 Å². The maximum Gasteiger partial charge on any atom is 0.466 e. The average molecular weight is 411 g/mol. The third kappa shape index (κ3) is 4.51. The highest BCUT2D eigenvalue weighted by Crippen LogP contribution is 2.42. The number of benzene rings is 1. The van der Waals surface area contributed by atoms with Gasteiger partial charge in [-0.1, -0.05) is 15.9 Å². The third-order valence-corrected chi connectivity index (χ3v) is 5.26. The van der Waals surface area contributed by atoms with E-state index in [1.807, 2.05) is 33.8 Å². The quantitative estimate of drug-likeness (QED) is 0.404. The fourth-order valence-electron chi connectivity index (χ4n) is 2.74. The Morgan fingerprint density at radius 1 is 1.24 bits per heavy atom. The van der Waals surface area contributed by atoms with Crippen LogP contribution in [0.2, 0.25) is 0 Å². The van der Waals surface area contributed by atoms with Crippen molar-refractivity contribution in [1.82, 2.24) is 0 Å². The predicted molar refractivity (Wildman–Crippen MR) is 99.6 cm³/mol. The molecule has 1 aliphatic heterocycles. The molecule has 0 aromatic heterocycles. The number of ether oxygens (including phenoxy) is 1. The number of hydrogen-bond acceptors (Lipinski definition) is 5. The second kappa shape index (κ2) is 7.60. The van der Waals surface area contributed by atoms with Crippen molar-refractivity contribution in [3.05, 3.63) is 33.8 Å². The summed E-state index contributed by atoms with van der Waals surface area (Å²) in [6.45, 7) is 9.94. The smallest absolute Gasteiger partial charge is 0.466 e. The van der Waals surface area contributed by atoms with E-state index in [9.17, 15) is 9.59 Å². The molecule has 1 aliphatic rings. The third-order valence-electron chi connectivity index (χ3n) is 4.80. The van der Waals surface area contributed by atoms with Crippen LogP contribution in [-0.4, -0.2) is 37.2 Å². The van der Waals surface area contributed by atoms with E-state index >= 15 is 0 Å². The van der Waals surface area contributed by atoms with Gasteiger partial charge in [0.05, 0.1) is 24.2 Å². The highest BCUT2D eigenvalue weighted by molar-refractivity contribution is 9.10. The van der Waals surface area contributed by atoms with E-state index in [4.69, 9.17) is 14.0 Å². The van der Waals surface area contributed by atoms with Crippen molar-refractivity contribution in [1.29, 1.82) is 0 Å². The Labute approximate surface area is 157 Å². The summed E-state index contributed by atoms with van der Waals surface area (Å²) in [4.78, 5) is 23.3. The lowest BCUT2D eigenvalue weighted by Crippen LogP contribution is -2.41. The molecule has 1 atom stereocenters. The molecule has 25 heavy (non-hydrogen) atoms. The van der Waals surface area contributed by atoms with Crippen molar-refractivity contribution in [2.24, 2.45) is 0 Å². The molecule has 1 fully saturated rings. The molecule has 0 aliphatic carbocycles. The maximum absolute atomic E-state index is 12.1. The minimum Gasteiger partial charge on any atom is -0.466 e. The van der Waals surface area contributed by atoms with Crippen LogP contribution in [0.25, 0.3) is 0 Å². The van der Waals surface area contributed by atoms with E-state index in [0.717, 1.165) is 16.3 Å². The average Bonchev–Trinajstić information content (AvgIpc) is 2.72. The Bertz CT molecular complexity index is 643. The number of hydrogen-bond donors (Lipinski definition) is 0. The second-order valence-electron chi connectivity index (χ2n) is 7.18. The molecule has 1 aromatic rings. The van der Waals surface area contributed by atoms with Crippen LogP contribution in [0.1, 0.15) is 62.8 Å². The van der Waals surface area contributed by atoms with E-state index in [-0.39, 0.29) is 18.2 Å². The molecule has 2 rings (SSSR count). The van der Waals surface area contributed by atoms with Crippen molar-refractivity contribution >= 4 is 35.3 Å². The molecule has 0 spiro atoms. The van der Waals surface area contributed by atoms with E-state index in [1.54, 1.807) is 19.1 Å². The van der Waals surface area contributed by atoms with Gasteiger partial charge in [0.2, 0.25) is 0 Å². The van der Waals surface area contributed by atoms with Crippen molar-refractivity contribution in [2.45, 2.75) is 58.1 Å². The number of halogens is 1. The molecule has 0 bridgehead atoms. The molecule has 0 N–H and O–H groups in total. The minimum absolute atomic E-state index is 0.111. The van der Waals surface area contributed by atoms with Crippen LogP contribution in [-0.2, 0) is 18.8 Å². The Morgan fingerprint density at radius 2 is 1.84 bits per heavy atom. The lowest BCUT2D eigenvalue weighted by atomic mass is 9.66. The molecule has 0 saturated carbocycles. The monoisotopic (exact) mass is 410 g/mol. The van der Waals surface area contributed by atoms with Gasteiger partial charge in [-0.05, 0) is 58.4 Å². The highest BCUT2D eigenvalue weighted by atomic mass is 79.9. The van der Waals surface area contributed by atoms with Crippen LogP contribution in [0.4, 0.5) is 0 Å². The predicted octanol–water partition coefficient (Wildman–Crippen LogP) is 3.93. The molecular formula is C18H24BBrO5. The highest BCUT2D eigenvalue weighted by Gasteiger charge is 2.54. The molecule has 136 valence electrons. The van der Waals surface area contributed by atoms with Gasteiger partial charge in [-0.2, -0.15) is 0 Å². The van der Waals surface area contributed by atoms with Crippen LogP contribution < -0.4 is 0 Å². The molecule has 1 aromatic carbocycles. The standard InChI is InChI=1S/C18H24BBrO5/c1-6-23-16(22)10-15(13-7-12(11-21)8-14(20)9-13)19-24-17(2,3)18(4,5)25-19/h7-9,11,15H,6,10H2,1-5H3. The Balaban J connectivity index is 2.39. The first-order valence-corrected chi connectivity index (χ1v) is 9.16.